The molecule has 1 amide bonds. The molecule has 0 bridgehead atoms. The monoisotopic (exact) mass is 338 g/mol. The molecule has 0 spiro atoms. The Morgan fingerprint density at radius 1 is 1.24 bits per heavy atom. The largest absolute Gasteiger partial charge is 0.360 e. The van der Waals surface area contributed by atoms with Crippen LogP contribution >= 0.6 is 0 Å². The van der Waals surface area contributed by atoms with Gasteiger partial charge in [-0.2, -0.15) is 0 Å². The maximum absolute atomic E-state index is 13.3. The molecule has 0 saturated carbocycles. The molecule has 0 saturated heterocycles. The zero-order valence-electron chi connectivity index (χ0n) is 15.3. The zero-order valence-corrected chi connectivity index (χ0v) is 15.3. The summed E-state index contributed by atoms with van der Waals surface area (Å²) in [4.78, 5) is 15.1. The topological polar surface area (TPSA) is 46.3 Å². The maximum atomic E-state index is 13.3. The standard InChI is InChI=1S/C21H26N2O2/c1-21(2,3)15-10-11-18-16(13-15)19(22-25-18)20(24)23-12-6-8-14-7-4-5-9-17(14)23/h4-5,7,9,15H,6,8,10-13H2,1-3H3/t15-/m1/s1. The highest BCUT2D eigenvalue weighted by Gasteiger charge is 2.36. The first-order valence-electron chi connectivity index (χ1n) is 9.32. The summed E-state index contributed by atoms with van der Waals surface area (Å²) >= 11 is 0. The Morgan fingerprint density at radius 3 is 2.84 bits per heavy atom. The van der Waals surface area contributed by atoms with E-state index < -0.39 is 0 Å². The molecular weight excluding hydrogens is 312 g/mol. The molecule has 1 aromatic carbocycles. The van der Waals surface area contributed by atoms with Crippen LogP contribution in [0.3, 0.4) is 0 Å². The van der Waals surface area contributed by atoms with Crippen LogP contribution in [0.1, 0.15) is 61.0 Å². The van der Waals surface area contributed by atoms with Crippen molar-refractivity contribution >= 4 is 11.6 Å². The summed E-state index contributed by atoms with van der Waals surface area (Å²) in [6.07, 6.45) is 4.90. The Kier molecular flexibility index (Phi) is 3.94. The molecule has 2 aliphatic rings. The molecule has 25 heavy (non-hydrogen) atoms. The Bertz CT molecular complexity index is 800. The lowest BCUT2D eigenvalue weighted by molar-refractivity contribution is 0.0975. The summed E-state index contributed by atoms with van der Waals surface area (Å²) in [5.41, 5.74) is 4.07. The minimum Gasteiger partial charge on any atom is -0.360 e. The van der Waals surface area contributed by atoms with Gasteiger partial charge in [-0.1, -0.05) is 44.1 Å². The Balaban J connectivity index is 1.66. The maximum Gasteiger partial charge on any atom is 0.280 e. The highest BCUT2D eigenvalue weighted by atomic mass is 16.5. The highest BCUT2D eigenvalue weighted by Crippen LogP contribution is 2.39. The minimum absolute atomic E-state index is 0.00768. The number of hydrogen-bond acceptors (Lipinski definition) is 3. The van der Waals surface area contributed by atoms with Crippen molar-refractivity contribution in [2.24, 2.45) is 11.3 Å². The third kappa shape index (κ3) is 2.88. The predicted molar refractivity (Wildman–Crippen MR) is 97.9 cm³/mol. The third-order valence-corrected chi connectivity index (χ3v) is 5.82. The summed E-state index contributed by atoms with van der Waals surface area (Å²) in [5.74, 6) is 1.46. The summed E-state index contributed by atoms with van der Waals surface area (Å²) in [6, 6.07) is 8.19. The summed E-state index contributed by atoms with van der Waals surface area (Å²) in [5, 5.41) is 4.20. The van der Waals surface area contributed by atoms with Gasteiger partial charge in [0, 0.05) is 24.2 Å². The molecule has 1 aliphatic heterocycles. The minimum atomic E-state index is -0.00768. The van der Waals surface area contributed by atoms with E-state index >= 15 is 0 Å². The molecule has 2 aromatic rings. The van der Waals surface area contributed by atoms with Crippen molar-refractivity contribution in [2.75, 3.05) is 11.4 Å². The van der Waals surface area contributed by atoms with Gasteiger partial charge in [-0.25, -0.2) is 0 Å². The van der Waals surface area contributed by atoms with E-state index in [0.29, 0.717) is 11.6 Å². The number of para-hydroxylation sites is 1. The van der Waals surface area contributed by atoms with E-state index in [2.05, 4.69) is 32.0 Å². The number of amides is 1. The van der Waals surface area contributed by atoms with Crippen molar-refractivity contribution in [1.29, 1.82) is 0 Å². The number of aromatic nitrogens is 1. The Hall–Kier alpha value is -2.10. The average molecular weight is 338 g/mol. The normalized spacial score (nSPS) is 20.1. The van der Waals surface area contributed by atoms with E-state index in [4.69, 9.17) is 4.52 Å². The second-order valence-corrected chi connectivity index (χ2v) is 8.43. The number of rotatable bonds is 1. The number of aryl methyl sites for hydroxylation is 2. The predicted octanol–water partition coefficient (Wildman–Crippen LogP) is 4.42. The molecule has 4 rings (SSSR count). The van der Waals surface area contributed by atoms with E-state index in [-0.39, 0.29) is 11.3 Å². The van der Waals surface area contributed by atoms with Crippen molar-refractivity contribution in [3.8, 4) is 0 Å². The molecule has 0 fully saturated rings. The van der Waals surface area contributed by atoms with E-state index in [9.17, 15) is 4.79 Å². The lowest BCUT2D eigenvalue weighted by Crippen LogP contribution is -2.36. The molecular formula is C21H26N2O2. The molecule has 2 heterocycles. The molecule has 1 atom stereocenters. The van der Waals surface area contributed by atoms with Gasteiger partial charge in [0.2, 0.25) is 0 Å². The first kappa shape index (κ1) is 16.4. The van der Waals surface area contributed by atoms with Gasteiger partial charge in [-0.05, 0) is 48.6 Å². The molecule has 1 aromatic heterocycles. The van der Waals surface area contributed by atoms with Gasteiger partial charge in [0.05, 0.1) is 0 Å². The van der Waals surface area contributed by atoms with Crippen LogP contribution in [0.5, 0.6) is 0 Å². The van der Waals surface area contributed by atoms with Crippen molar-refractivity contribution in [2.45, 2.75) is 52.9 Å². The van der Waals surface area contributed by atoms with Crippen LogP contribution in [-0.2, 0) is 19.3 Å². The molecule has 0 N–H and O–H groups in total. The first-order valence-corrected chi connectivity index (χ1v) is 9.32. The van der Waals surface area contributed by atoms with Crippen molar-refractivity contribution in [3.05, 3.63) is 46.8 Å². The lowest BCUT2D eigenvalue weighted by Gasteiger charge is -2.33. The van der Waals surface area contributed by atoms with Gasteiger partial charge in [0.1, 0.15) is 5.76 Å². The molecule has 4 nitrogen and oxygen atoms in total. The van der Waals surface area contributed by atoms with Crippen LogP contribution in [-0.4, -0.2) is 17.6 Å². The first-order chi connectivity index (χ1) is 11.9. The fraction of sp³-hybridized carbons (Fsp3) is 0.524. The Morgan fingerprint density at radius 2 is 2.04 bits per heavy atom. The van der Waals surface area contributed by atoms with Gasteiger partial charge in [-0.15, -0.1) is 0 Å². The van der Waals surface area contributed by atoms with E-state index in [1.54, 1.807) is 0 Å². The average Bonchev–Trinajstić information content (AvgIpc) is 3.03. The smallest absolute Gasteiger partial charge is 0.280 e. The lowest BCUT2D eigenvalue weighted by atomic mass is 9.71. The molecule has 4 heteroatoms. The van der Waals surface area contributed by atoms with Crippen molar-refractivity contribution in [3.63, 3.8) is 0 Å². The number of hydrogen-bond donors (Lipinski definition) is 0. The fourth-order valence-corrected chi connectivity index (χ4v) is 4.18. The van der Waals surface area contributed by atoms with Crippen LogP contribution in [0, 0.1) is 11.3 Å². The number of fused-ring (bicyclic) bond motifs is 2. The van der Waals surface area contributed by atoms with Crippen molar-refractivity contribution in [1.82, 2.24) is 5.16 Å². The van der Waals surface area contributed by atoms with Crippen LogP contribution in [0.25, 0.3) is 0 Å². The second-order valence-electron chi connectivity index (χ2n) is 8.43. The highest BCUT2D eigenvalue weighted by molar-refractivity contribution is 6.06. The van der Waals surface area contributed by atoms with Gasteiger partial charge < -0.3 is 9.42 Å². The van der Waals surface area contributed by atoms with Gasteiger partial charge in [0.15, 0.2) is 5.69 Å². The molecule has 132 valence electrons. The van der Waals surface area contributed by atoms with Crippen LogP contribution < -0.4 is 4.90 Å². The molecule has 0 unspecified atom stereocenters. The molecule has 1 aliphatic carbocycles. The van der Waals surface area contributed by atoms with Gasteiger partial charge in [0.25, 0.3) is 5.91 Å². The SMILES string of the molecule is CC(C)(C)[C@@H]1CCc2onc(C(=O)N3CCCc4ccccc43)c2C1. The fourth-order valence-electron chi connectivity index (χ4n) is 4.18. The van der Waals surface area contributed by atoms with E-state index in [1.807, 2.05) is 23.1 Å². The summed E-state index contributed by atoms with van der Waals surface area (Å²) in [6.45, 7) is 7.58. The summed E-state index contributed by atoms with van der Waals surface area (Å²) < 4.78 is 5.55. The van der Waals surface area contributed by atoms with Crippen LogP contribution in [0.15, 0.2) is 28.8 Å². The molecule has 0 radical (unpaired) electrons. The number of benzene rings is 1. The second kappa shape index (κ2) is 6.01. The quantitative estimate of drug-likeness (QED) is 0.773. The number of nitrogens with zero attached hydrogens (tertiary/aromatic N) is 2. The van der Waals surface area contributed by atoms with E-state index in [1.165, 1.54) is 5.56 Å². The summed E-state index contributed by atoms with van der Waals surface area (Å²) in [7, 11) is 0. The van der Waals surface area contributed by atoms with Gasteiger partial charge >= 0.3 is 0 Å². The van der Waals surface area contributed by atoms with E-state index in [0.717, 1.165) is 55.7 Å². The van der Waals surface area contributed by atoms with Crippen LogP contribution in [0.2, 0.25) is 0 Å². The van der Waals surface area contributed by atoms with Crippen LogP contribution in [0.4, 0.5) is 5.69 Å². The number of anilines is 1. The Labute approximate surface area is 149 Å². The number of carbonyl (C=O) groups is 1. The third-order valence-electron chi connectivity index (χ3n) is 5.82. The number of carbonyl (C=O) groups excluding carboxylic acids is 1. The van der Waals surface area contributed by atoms with Gasteiger partial charge in [-0.3, -0.25) is 4.79 Å². The zero-order chi connectivity index (χ0) is 17.6. The van der Waals surface area contributed by atoms with Crippen molar-refractivity contribution < 1.29 is 9.32 Å².